The van der Waals surface area contributed by atoms with Gasteiger partial charge in [0.2, 0.25) is 5.91 Å². The van der Waals surface area contributed by atoms with Crippen LogP contribution in [0.15, 0.2) is 5.38 Å². The largest absolute Gasteiger partial charge is 0.480 e. The van der Waals surface area contributed by atoms with Gasteiger partial charge in [-0.2, -0.15) is 0 Å². The van der Waals surface area contributed by atoms with Crippen LogP contribution in [-0.2, 0) is 16.0 Å². The van der Waals surface area contributed by atoms with E-state index in [1.807, 2.05) is 26.2 Å². The van der Waals surface area contributed by atoms with Crippen LogP contribution in [-0.4, -0.2) is 28.0 Å². The molecule has 112 valence electrons. The normalized spacial score (nSPS) is 12.4. The molecule has 1 atom stereocenters. The van der Waals surface area contributed by atoms with Crippen LogP contribution in [0.4, 0.5) is 0 Å². The Labute approximate surface area is 123 Å². The molecule has 0 radical (unpaired) electrons. The number of nitrogens with one attached hydrogen (secondary N) is 1. The molecule has 1 aromatic heterocycles. The third kappa shape index (κ3) is 6.14. The summed E-state index contributed by atoms with van der Waals surface area (Å²) in [4.78, 5) is 27.1. The van der Waals surface area contributed by atoms with Crippen LogP contribution in [0.25, 0.3) is 0 Å². The summed E-state index contributed by atoms with van der Waals surface area (Å²) in [5.74, 6) is -0.943. The molecule has 1 amide bonds. The van der Waals surface area contributed by atoms with Gasteiger partial charge < -0.3 is 10.4 Å². The number of carboxylic acid groups (broad SMARTS) is 1. The molecule has 5 nitrogen and oxygen atoms in total. The molecule has 0 aliphatic carbocycles. The summed E-state index contributed by atoms with van der Waals surface area (Å²) in [7, 11) is 0. The Morgan fingerprint density at radius 2 is 2.15 bits per heavy atom. The van der Waals surface area contributed by atoms with Crippen molar-refractivity contribution in [2.75, 3.05) is 0 Å². The monoisotopic (exact) mass is 298 g/mol. The average Bonchev–Trinajstić information content (AvgIpc) is 2.73. The van der Waals surface area contributed by atoms with Gasteiger partial charge >= 0.3 is 5.97 Å². The van der Waals surface area contributed by atoms with Gasteiger partial charge in [-0.25, -0.2) is 9.78 Å². The van der Waals surface area contributed by atoms with Crippen LogP contribution >= 0.6 is 11.3 Å². The van der Waals surface area contributed by atoms with Gasteiger partial charge in [0.15, 0.2) is 0 Å². The zero-order valence-corrected chi connectivity index (χ0v) is 13.0. The Kier molecular flexibility index (Phi) is 6.64. The molecule has 0 aromatic carbocycles. The highest BCUT2D eigenvalue weighted by Crippen LogP contribution is 2.11. The van der Waals surface area contributed by atoms with Gasteiger partial charge in [0.1, 0.15) is 6.04 Å². The van der Waals surface area contributed by atoms with E-state index in [0.717, 1.165) is 17.1 Å². The number of carbonyl (C=O) groups is 2. The smallest absolute Gasteiger partial charge is 0.326 e. The number of aromatic nitrogens is 1. The third-order valence-electron chi connectivity index (χ3n) is 2.84. The highest BCUT2D eigenvalue weighted by molar-refractivity contribution is 7.09. The summed E-state index contributed by atoms with van der Waals surface area (Å²) in [6, 6.07) is -0.788. The molecule has 0 spiro atoms. The first-order valence-corrected chi connectivity index (χ1v) is 7.69. The number of aryl methyl sites for hydroxylation is 2. The molecule has 0 aliphatic rings. The summed E-state index contributed by atoms with van der Waals surface area (Å²) in [6.45, 7) is 5.82. The van der Waals surface area contributed by atoms with Crippen molar-refractivity contribution >= 4 is 23.2 Å². The highest BCUT2D eigenvalue weighted by Gasteiger charge is 2.20. The van der Waals surface area contributed by atoms with Crippen LogP contribution in [0.3, 0.4) is 0 Å². The SMILES string of the molecule is Cc1nc(CCCC(=O)NC(CC(C)C)C(=O)O)cs1. The number of carboxylic acids is 1. The van der Waals surface area contributed by atoms with Crippen molar-refractivity contribution in [3.63, 3.8) is 0 Å². The molecule has 6 heteroatoms. The summed E-state index contributed by atoms with van der Waals surface area (Å²) in [5, 5.41) is 14.6. The molecule has 0 bridgehead atoms. The molecule has 0 fully saturated rings. The van der Waals surface area contributed by atoms with Crippen molar-refractivity contribution in [2.45, 2.75) is 52.5 Å². The fourth-order valence-corrected chi connectivity index (χ4v) is 2.56. The van der Waals surface area contributed by atoms with Crippen LogP contribution in [0.5, 0.6) is 0 Å². The summed E-state index contributed by atoms with van der Waals surface area (Å²) >= 11 is 1.60. The van der Waals surface area contributed by atoms with E-state index in [1.165, 1.54) is 0 Å². The molecule has 1 rings (SSSR count). The number of nitrogens with zero attached hydrogens (tertiary/aromatic N) is 1. The Bertz CT molecular complexity index is 457. The quantitative estimate of drug-likeness (QED) is 0.772. The Hall–Kier alpha value is -1.43. The molecule has 2 N–H and O–H groups in total. The van der Waals surface area contributed by atoms with Crippen molar-refractivity contribution in [3.05, 3.63) is 16.1 Å². The van der Waals surface area contributed by atoms with Gasteiger partial charge in [-0.15, -0.1) is 11.3 Å². The van der Waals surface area contributed by atoms with Gasteiger partial charge in [0, 0.05) is 11.8 Å². The van der Waals surface area contributed by atoms with Gasteiger partial charge in [-0.3, -0.25) is 4.79 Å². The predicted octanol–water partition coefficient (Wildman–Crippen LogP) is 2.39. The number of hydrogen-bond donors (Lipinski definition) is 2. The lowest BCUT2D eigenvalue weighted by molar-refractivity contribution is -0.142. The molecule has 1 unspecified atom stereocenters. The van der Waals surface area contributed by atoms with E-state index in [4.69, 9.17) is 5.11 Å². The Morgan fingerprint density at radius 1 is 1.45 bits per heavy atom. The molecular formula is C14H22N2O3S. The van der Waals surface area contributed by atoms with Gasteiger partial charge in [-0.05, 0) is 32.1 Å². The van der Waals surface area contributed by atoms with Gasteiger partial charge in [0.25, 0.3) is 0 Å². The maximum Gasteiger partial charge on any atom is 0.326 e. The number of thiazole rings is 1. The second-order valence-electron chi connectivity index (χ2n) is 5.30. The number of aliphatic carboxylic acids is 1. The van der Waals surface area contributed by atoms with Crippen molar-refractivity contribution in [3.8, 4) is 0 Å². The van der Waals surface area contributed by atoms with Gasteiger partial charge in [0.05, 0.1) is 10.7 Å². The summed E-state index contributed by atoms with van der Waals surface area (Å²) < 4.78 is 0. The first-order valence-electron chi connectivity index (χ1n) is 6.81. The minimum atomic E-state index is -0.970. The number of carbonyl (C=O) groups excluding carboxylic acids is 1. The number of hydrogen-bond acceptors (Lipinski definition) is 4. The van der Waals surface area contributed by atoms with Crippen LogP contribution in [0.2, 0.25) is 0 Å². The molecule has 1 heterocycles. The van der Waals surface area contributed by atoms with E-state index < -0.39 is 12.0 Å². The van der Waals surface area contributed by atoms with E-state index in [-0.39, 0.29) is 11.8 Å². The lowest BCUT2D eigenvalue weighted by atomic mass is 10.0. The van der Waals surface area contributed by atoms with Gasteiger partial charge in [-0.1, -0.05) is 13.8 Å². The minimum absolute atomic E-state index is 0.204. The van der Waals surface area contributed by atoms with E-state index in [0.29, 0.717) is 19.3 Å². The lowest BCUT2D eigenvalue weighted by Crippen LogP contribution is -2.41. The summed E-state index contributed by atoms with van der Waals surface area (Å²) in [5.41, 5.74) is 0.997. The molecule has 1 aromatic rings. The van der Waals surface area contributed by atoms with Crippen molar-refractivity contribution < 1.29 is 14.7 Å². The number of rotatable bonds is 8. The second-order valence-corrected chi connectivity index (χ2v) is 6.36. The van der Waals surface area contributed by atoms with Crippen molar-refractivity contribution in [2.24, 2.45) is 5.92 Å². The fraction of sp³-hybridized carbons (Fsp3) is 0.643. The fourth-order valence-electron chi connectivity index (χ4n) is 1.91. The first-order chi connectivity index (χ1) is 9.38. The summed E-state index contributed by atoms with van der Waals surface area (Å²) in [6.07, 6.45) is 2.22. The highest BCUT2D eigenvalue weighted by atomic mass is 32.1. The minimum Gasteiger partial charge on any atom is -0.480 e. The van der Waals surface area contributed by atoms with E-state index in [2.05, 4.69) is 10.3 Å². The average molecular weight is 298 g/mol. The standard InChI is InChI=1S/C14H22N2O3S/c1-9(2)7-12(14(18)19)16-13(17)6-4-5-11-8-20-10(3)15-11/h8-9,12H,4-7H2,1-3H3,(H,16,17)(H,18,19). The molecule has 0 saturated heterocycles. The van der Waals surface area contributed by atoms with E-state index >= 15 is 0 Å². The maximum atomic E-state index is 11.7. The zero-order chi connectivity index (χ0) is 15.1. The number of amides is 1. The molecular weight excluding hydrogens is 276 g/mol. The van der Waals surface area contributed by atoms with E-state index in [1.54, 1.807) is 11.3 Å². The topological polar surface area (TPSA) is 79.3 Å². The predicted molar refractivity (Wildman–Crippen MR) is 78.8 cm³/mol. The molecule has 20 heavy (non-hydrogen) atoms. The molecule has 0 aliphatic heterocycles. The van der Waals surface area contributed by atoms with E-state index in [9.17, 15) is 9.59 Å². The maximum absolute atomic E-state index is 11.7. The van der Waals surface area contributed by atoms with Crippen molar-refractivity contribution in [1.82, 2.24) is 10.3 Å². The third-order valence-corrected chi connectivity index (χ3v) is 3.67. The molecule has 0 saturated carbocycles. The van der Waals surface area contributed by atoms with Crippen LogP contribution < -0.4 is 5.32 Å². The lowest BCUT2D eigenvalue weighted by Gasteiger charge is -2.16. The Balaban J connectivity index is 2.32. The van der Waals surface area contributed by atoms with Crippen LogP contribution in [0.1, 0.15) is 43.8 Å². The second kappa shape index (κ2) is 7.99. The zero-order valence-electron chi connectivity index (χ0n) is 12.2. The van der Waals surface area contributed by atoms with Crippen molar-refractivity contribution in [1.29, 1.82) is 0 Å². The van der Waals surface area contributed by atoms with Crippen LogP contribution in [0, 0.1) is 12.8 Å². The first kappa shape index (κ1) is 16.6. The Morgan fingerprint density at radius 3 is 2.65 bits per heavy atom.